The second kappa shape index (κ2) is 5.80. The molecular weight excluding hydrogens is 262 g/mol. The highest BCUT2D eigenvalue weighted by Crippen LogP contribution is 2.25. The van der Waals surface area contributed by atoms with E-state index in [1.165, 1.54) is 0 Å². The lowest BCUT2D eigenvalue weighted by Crippen LogP contribution is -2.05. The van der Waals surface area contributed by atoms with Gasteiger partial charge in [-0.15, -0.1) is 0 Å². The fourth-order valence-electron chi connectivity index (χ4n) is 1.57. The van der Waals surface area contributed by atoms with Crippen LogP contribution in [0.25, 0.3) is 0 Å². The summed E-state index contributed by atoms with van der Waals surface area (Å²) in [6.45, 7) is 3.98. The van der Waals surface area contributed by atoms with Crippen LogP contribution in [0, 0.1) is 0 Å². The van der Waals surface area contributed by atoms with Gasteiger partial charge in [0.15, 0.2) is 0 Å². The number of nitrogens with two attached hydrogens (primary N) is 1. The lowest BCUT2D eigenvalue weighted by atomic mass is 10.3. The number of hydrogen-bond acceptors (Lipinski definition) is 4. The Balaban J connectivity index is 2.10. The maximum atomic E-state index is 6.05. The number of nitrogens with zero attached hydrogens (tertiary/aromatic N) is 1. The van der Waals surface area contributed by atoms with Crippen LogP contribution in [0.3, 0.4) is 0 Å². The first-order valence-corrected chi connectivity index (χ1v) is 6.37. The highest BCUT2D eigenvalue weighted by Gasteiger charge is 2.03. The van der Waals surface area contributed by atoms with Crippen LogP contribution < -0.4 is 15.8 Å². The van der Waals surface area contributed by atoms with Gasteiger partial charge in [-0.2, -0.15) is 0 Å². The lowest BCUT2D eigenvalue weighted by Gasteiger charge is -2.11. The summed E-state index contributed by atoms with van der Waals surface area (Å²) in [4.78, 5) is 4.14. The fraction of sp³-hybridized carbons (Fsp3) is 0.214. The van der Waals surface area contributed by atoms with Crippen molar-refractivity contribution in [2.75, 3.05) is 11.1 Å². The normalized spacial score (nSPS) is 10.5. The van der Waals surface area contributed by atoms with E-state index < -0.39 is 0 Å². The molecule has 0 aliphatic carbocycles. The van der Waals surface area contributed by atoms with Crippen LogP contribution in [0.15, 0.2) is 36.5 Å². The largest absolute Gasteiger partial charge is 0.491 e. The molecule has 2 rings (SSSR count). The van der Waals surface area contributed by atoms with Crippen LogP contribution in [-0.2, 0) is 0 Å². The van der Waals surface area contributed by atoms with Gasteiger partial charge in [-0.25, -0.2) is 4.98 Å². The molecule has 0 bridgehead atoms. The molecule has 1 heterocycles. The summed E-state index contributed by atoms with van der Waals surface area (Å²) in [5.41, 5.74) is 7.02. The maximum Gasteiger partial charge on any atom is 0.149 e. The SMILES string of the molecule is CC(C)Oc1ccc(Nc2ncc(N)cc2Cl)cc1. The number of nitrogens with one attached hydrogen (secondary N) is 1. The van der Waals surface area contributed by atoms with Gasteiger partial charge in [-0.1, -0.05) is 11.6 Å². The van der Waals surface area contributed by atoms with E-state index >= 15 is 0 Å². The Morgan fingerprint density at radius 2 is 1.95 bits per heavy atom. The van der Waals surface area contributed by atoms with Gasteiger partial charge in [-0.05, 0) is 44.2 Å². The van der Waals surface area contributed by atoms with E-state index in [2.05, 4.69) is 10.3 Å². The highest BCUT2D eigenvalue weighted by atomic mass is 35.5. The van der Waals surface area contributed by atoms with Crippen molar-refractivity contribution in [2.45, 2.75) is 20.0 Å². The van der Waals surface area contributed by atoms with Gasteiger partial charge in [0, 0.05) is 5.69 Å². The topological polar surface area (TPSA) is 60.2 Å². The maximum absolute atomic E-state index is 6.05. The van der Waals surface area contributed by atoms with Crippen molar-refractivity contribution >= 4 is 28.8 Å². The monoisotopic (exact) mass is 277 g/mol. The molecule has 100 valence electrons. The number of ether oxygens (including phenoxy) is 1. The first-order valence-electron chi connectivity index (χ1n) is 5.99. The van der Waals surface area contributed by atoms with E-state index in [-0.39, 0.29) is 6.10 Å². The van der Waals surface area contributed by atoms with Gasteiger partial charge in [0.05, 0.1) is 23.0 Å². The second-order valence-electron chi connectivity index (χ2n) is 4.42. The van der Waals surface area contributed by atoms with Crippen LogP contribution >= 0.6 is 11.6 Å². The Labute approximate surface area is 117 Å². The van der Waals surface area contributed by atoms with Crippen LogP contribution in [0.4, 0.5) is 17.2 Å². The molecule has 4 nitrogen and oxygen atoms in total. The average Bonchev–Trinajstić information content (AvgIpc) is 2.34. The number of anilines is 3. The van der Waals surface area contributed by atoms with E-state index in [0.29, 0.717) is 16.5 Å². The molecule has 0 atom stereocenters. The molecule has 0 saturated heterocycles. The Hall–Kier alpha value is -1.94. The Morgan fingerprint density at radius 3 is 2.53 bits per heavy atom. The Bertz CT molecular complexity index is 555. The third-order valence-corrected chi connectivity index (χ3v) is 2.64. The van der Waals surface area contributed by atoms with Crippen molar-refractivity contribution in [1.82, 2.24) is 4.98 Å². The van der Waals surface area contributed by atoms with Gasteiger partial charge in [0.25, 0.3) is 0 Å². The molecule has 0 unspecified atom stereocenters. The number of hydrogen-bond donors (Lipinski definition) is 2. The standard InChI is InChI=1S/C14H16ClN3O/c1-9(2)19-12-5-3-11(4-6-12)18-14-13(15)7-10(16)8-17-14/h3-9H,16H2,1-2H3,(H,17,18). The molecule has 0 fully saturated rings. The average molecular weight is 278 g/mol. The predicted octanol–water partition coefficient (Wildman–Crippen LogP) is 3.85. The molecule has 3 N–H and O–H groups in total. The molecule has 1 aromatic heterocycles. The van der Waals surface area contributed by atoms with Crippen LogP contribution in [0.1, 0.15) is 13.8 Å². The summed E-state index contributed by atoms with van der Waals surface area (Å²) in [6.07, 6.45) is 1.72. The predicted molar refractivity (Wildman–Crippen MR) is 79.1 cm³/mol. The zero-order valence-electron chi connectivity index (χ0n) is 10.9. The van der Waals surface area contributed by atoms with Gasteiger partial charge in [0.2, 0.25) is 0 Å². The fourth-order valence-corrected chi connectivity index (χ4v) is 1.79. The Kier molecular flexibility index (Phi) is 4.12. The molecule has 2 aromatic rings. The number of aromatic nitrogens is 1. The molecule has 1 aromatic carbocycles. The van der Waals surface area contributed by atoms with E-state index in [1.807, 2.05) is 38.1 Å². The zero-order chi connectivity index (χ0) is 13.8. The third-order valence-electron chi connectivity index (χ3n) is 2.35. The molecule has 0 saturated carbocycles. The van der Waals surface area contributed by atoms with Crippen molar-refractivity contribution in [1.29, 1.82) is 0 Å². The summed E-state index contributed by atoms with van der Waals surface area (Å²) in [7, 11) is 0. The van der Waals surface area contributed by atoms with Crippen molar-refractivity contribution in [3.63, 3.8) is 0 Å². The highest BCUT2D eigenvalue weighted by molar-refractivity contribution is 6.33. The van der Waals surface area contributed by atoms with Gasteiger partial charge < -0.3 is 15.8 Å². The van der Waals surface area contributed by atoms with E-state index in [9.17, 15) is 0 Å². The quantitative estimate of drug-likeness (QED) is 0.891. The second-order valence-corrected chi connectivity index (χ2v) is 4.82. The van der Waals surface area contributed by atoms with Gasteiger partial charge in [-0.3, -0.25) is 0 Å². The van der Waals surface area contributed by atoms with Crippen molar-refractivity contribution < 1.29 is 4.74 Å². The van der Waals surface area contributed by atoms with Crippen molar-refractivity contribution in [3.05, 3.63) is 41.6 Å². The van der Waals surface area contributed by atoms with Crippen molar-refractivity contribution in [2.24, 2.45) is 0 Å². The Morgan fingerprint density at radius 1 is 1.26 bits per heavy atom. The van der Waals surface area contributed by atoms with Gasteiger partial charge in [0.1, 0.15) is 11.6 Å². The molecule has 0 aliphatic rings. The number of benzene rings is 1. The van der Waals surface area contributed by atoms with E-state index in [1.54, 1.807) is 12.3 Å². The number of halogens is 1. The van der Waals surface area contributed by atoms with Gasteiger partial charge >= 0.3 is 0 Å². The zero-order valence-corrected chi connectivity index (χ0v) is 11.6. The first kappa shape index (κ1) is 13.5. The molecular formula is C14H16ClN3O. The van der Waals surface area contributed by atoms with Crippen LogP contribution in [0.5, 0.6) is 5.75 Å². The van der Waals surface area contributed by atoms with Crippen LogP contribution in [-0.4, -0.2) is 11.1 Å². The summed E-state index contributed by atoms with van der Waals surface area (Å²) < 4.78 is 5.57. The minimum absolute atomic E-state index is 0.159. The first-order chi connectivity index (χ1) is 9.04. The lowest BCUT2D eigenvalue weighted by molar-refractivity contribution is 0.242. The number of nitrogen functional groups attached to an aromatic ring is 1. The van der Waals surface area contributed by atoms with E-state index in [0.717, 1.165) is 11.4 Å². The molecule has 0 amide bonds. The molecule has 0 aliphatic heterocycles. The summed E-state index contributed by atoms with van der Waals surface area (Å²) >= 11 is 6.05. The summed E-state index contributed by atoms with van der Waals surface area (Å²) in [6, 6.07) is 9.27. The smallest absolute Gasteiger partial charge is 0.149 e. The minimum atomic E-state index is 0.159. The molecule has 5 heteroatoms. The minimum Gasteiger partial charge on any atom is -0.491 e. The van der Waals surface area contributed by atoms with E-state index in [4.69, 9.17) is 22.1 Å². The summed E-state index contributed by atoms with van der Waals surface area (Å²) in [5.74, 6) is 1.41. The van der Waals surface area contributed by atoms with Crippen LogP contribution in [0.2, 0.25) is 5.02 Å². The number of pyridine rings is 1. The molecule has 0 spiro atoms. The molecule has 19 heavy (non-hydrogen) atoms. The summed E-state index contributed by atoms with van der Waals surface area (Å²) in [5, 5.41) is 3.61. The number of rotatable bonds is 4. The third kappa shape index (κ3) is 3.76. The van der Waals surface area contributed by atoms with Crippen molar-refractivity contribution in [3.8, 4) is 5.75 Å². The molecule has 0 radical (unpaired) electrons.